The highest BCUT2D eigenvalue weighted by atomic mass is 35.5. The van der Waals surface area contributed by atoms with Crippen molar-refractivity contribution in [1.82, 2.24) is 9.97 Å². The zero-order valence-corrected chi connectivity index (χ0v) is 12.3. The number of thiophene rings is 2. The summed E-state index contributed by atoms with van der Waals surface area (Å²) < 4.78 is 2.16. The van der Waals surface area contributed by atoms with Gasteiger partial charge in [0.05, 0.1) is 4.88 Å². The van der Waals surface area contributed by atoms with Crippen LogP contribution < -0.4 is 5.32 Å². The van der Waals surface area contributed by atoms with Crippen LogP contribution in [0.4, 0.5) is 5.69 Å². The summed E-state index contributed by atoms with van der Waals surface area (Å²) in [4.78, 5) is 20.3. The minimum absolute atomic E-state index is 0.117. The van der Waals surface area contributed by atoms with Crippen molar-refractivity contribution in [2.24, 2.45) is 0 Å². The Bertz CT molecular complexity index is 719. The molecule has 0 aliphatic heterocycles. The molecule has 3 aromatic rings. The number of rotatable bonds is 2. The largest absolute Gasteiger partial charge is 0.316 e. The molecule has 0 bridgehead atoms. The predicted molar refractivity (Wildman–Crippen MR) is 79.7 cm³/mol. The number of nitrogens with one attached hydrogen (secondary N) is 1. The highest BCUT2D eigenvalue weighted by Crippen LogP contribution is 2.31. The van der Waals surface area contributed by atoms with Gasteiger partial charge in [-0.3, -0.25) is 4.79 Å². The van der Waals surface area contributed by atoms with Crippen LogP contribution in [0.3, 0.4) is 0 Å². The number of halogens is 2. The number of nitrogens with zero attached hydrogens (tertiary/aromatic N) is 2. The number of amides is 1. The van der Waals surface area contributed by atoms with E-state index in [1.807, 2.05) is 17.5 Å². The molecule has 3 aromatic heterocycles. The Morgan fingerprint density at radius 1 is 1.21 bits per heavy atom. The zero-order valence-electron chi connectivity index (χ0n) is 9.18. The lowest BCUT2D eigenvalue weighted by molar-refractivity contribution is 0.103. The number of hydrogen-bond acceptors (Lipinski definition) is 5. The molecule has 1 N–H and O–H groups in total. The molecule has 19 heavy (non-hydrogen) atoms. The maximum atomic E-state index is 12.1. The van der Waals surface area contributed by atoms with E-state index in [4.69, 9.17) is 23.2 Å². The van der Waals surface area contributed by atoms with E-state index in [1.54, 1.807) is 11.3 Å². The van der Waals surface area contributed by atoms with Gasteiger partial charge in [-0.2, -0.15) is 0 Å². The van der Waals surface area contributed by atoms with Crippen molar-refractivity contribution >= 4 is 66.9 Å². The lowest BCUT2D eigenvalue weighted by Gasteiger charge is -2.05. The average Bonchev–Trinajstić information content (AvgIpc) is 2.94. The fourth-order valence-electron chi connectivity index (χ4n) is 1.50. The van der Waals surface area contributed by atoms with Crippen molar-refractivity contribution in [3.05, 3.63) is 39.0 Å². The van der Waals surface area contributed by atoms with Gasteiger partial charge in [0.2, 0.25) is 0 Å². The molecule has 96 valence electrons. The van der Waals surface area contributed by atoms with E-state index in [0.29, 0.717) is 4.88 Å². The van der Waals surface area contributed by atoms with Gasteiger partial charge in [0.15, 0.2) is 10.3 Å². The summed E-state index contributed by atoms with van der Waals surface area (Å²) in [5.74, 6) is -0.271. The lowest BCUT2D eigenvalue weighted by Crippen LogP contribution is -2.11. The van der Waals surface area contributed by atoms with Crippen molar-refractivity contribution in [1.29, 1.82) is 0 Å². The summed E-state index contributed by atoms with van der Waals surface area (Å²) in [6, 6.07) is 3.82. The molecule has 8 heteroatoms. The zero-order chi connectivity index (χ0) is 13.4. The molecular weight excluding hydrogens is 325 g/mol. The van der Waals surface area contributed by atoms with Crippen LogP contribution in [0.5, 0.6) is 0 Å². The topological polar surface area (TPSA) is 54.9 Å². The molecule has 0 saturated heterocycles. The van der Waals surface area contributed by atoms with Crippen molar-refractivity contribution in [2.45, 2.75) is 0 Å². The molecule has 0 unspecified atom stereocenters. The predicted octanol–water partition coefficient (Wildman–Crippen LogP) is 4.31. The van der Waals surface area contributed by atoms with Gasteiger partial charge in [-0.1, -0.05) is 23.2 Å². The third-order valence-corrected chi connectivity index (χ3v) is 5.02. The van der Waals surface area contributed by atoms with Crippen LogP contribution >= 0.6 is 45.9 Å². The SMILES string of the molecule is O=C(Nc1c(Cl)ncnc1Cl)c1cc2sccc2s1. The van der Waals surface area contributed by atoms with E-state index in [1.165, 1.54) is 17.7 Å². The molecule has 4 nitrogen and oxygen atoms in total. The molecule has 1 amide bonds. The first-order valence-electron chi connectivity index (χ1n) is 5.09. The Labute approximate surface area is 126 Å². The maximum Gasteiger partial charge on any atom is 0.265 e. The smallest absolute Gasteiger partial charge is 0.265 e. The standard InChI is InChI=1S/C11H5Cl2N3OS2/c12-9-8(10(13)15-4-14-9)16-11(17)7-3-6-5(19-7)1-2-18-6/h1-4H,(H,16,17). The van der Waals surface area contributed by atoms with Gasteiger partial charge in [0, 0.05) is 9.40 Å². The Hall–Kier alpha value is -1.21. The van der Waals surface area contributed by atoms with E-state index in [-0.39, 0.29) is 21.9 Å². The molecule has 0 spiro atoms. The summed E-state index contributed by atoms with van der Waals surface area (Å²) in [5.41, 5.74) is 0.229. The van der Waals surface area contributed by atoms with Gasteiger partial charge in [-0.05, 0) is 17.5 Å². The number of carbonyl (C=O) groups excluding carboxylic acids is 1. The van der Waals surface area contributed by atoms with Crippen LogP contribution in [-0.4, -0.2) is 15.9 Å². The molecule has 3 rings (SSSR count). The fourth-order valence-corrected chi connectivity index (χ4v) is 3.91. The number of aromatic nitrogens is 2. The molecule has 0 saturated carbocycles. The van der Waals surface area contributed by atoms with Gasteiger partial charge >= 0.3 is 0 Å². The van der Waals surface area contributed by atoms with Crippen LogP contribution in [-0.2, 0) is 0 Å². The Balaban J connectivity index is 1.91. The monoisotopic (exact) mass is 329 g/mol. The first-order valence-corrected chi connectivity index (χ1v) is 7.55. The van der Waals surface area contributed by atoms with Crippen molar-refractivity contribution in [3.63, 3.8) is 0 Å². The molecule has 0 atom stereocenters. The number of carbonyl (C=O) groups is 1. The second-order valence-electron chi connectivity index (χ2n) is 3.54. The third kappa shape index (κ3) is 2.44. The van der Waals surface area contributed by atoms with Gasteiger partial charge in [-0.15, -0.1) is 22.7 Å². The van der Waals surface area contributed by atoms with Gasteiger partial charge in [-0.25, -0.2) is 9.97 Å². The number of hydrogen-bond donors (Lipinski definition) is 1. The van der Waals surface area contributed by atoms with Crippen molar-refractivity contribution < 1.29 is 4.79 Å². The quantitative estimate of drug-likeness (QED) is 0.712. The Kier molecular flexibility index (Phi) is 3.40. The maximum absolute atomic E-state index is 12.1. The Morgan fingerprint density at radius 3 is 2.63 bits per heavy atom. The minimum atomic E-state index is -0.271. The normalized spacial score (nSPS) is 10.8. The molecule has 0 aliphatic carbocycles. The minimum Gasteiger partial charge on any atom is -0.316 e. The van der Waals surface area contributed by atoms with E-state index in [2.05, 4.69) is 15.3 Å². The van der Waals surface area contributed by atoms with Gasteiger partial charge < -0.3 is 5.32 Å². The molecular formula is C11H5Cl2N3OS2. The van der Waals surface area contributed by atoms with Crippen LogP contribution in [0, 0.1) is 0 Å². The number of fused-ring (bicyclic) bond motifs is 1. The van der Waals surface area contributed by atoms with E-state index >= 15 is 0 Å². The Morgan fingerprint density at radius 2 is 1.95 bits per heavy atom. The molecule has 3 heterocycles. The van der Waals surface area contributed by atoms with Crippen LogP contribution in [0.2, 0.25) is 10.3 Å². The van der Waals surface area contributed by atoms with Gasteiger partial charge in [0.25, 0.3) is 5.91 Å². The first kappa shape index (κ1) is 12.8. The van der Waals surface area contributed by atoms with Crippen molar-refractivity contribution in [3.8, 4) is 0 Å². The van der Waals surface area contributed by atoms with Crippen LogP contribution in [0.1, 0.15) is 9.67 Å². The summed E-state index contributed by atoms with van der Waals surface area (Å²) in [5, 5.41) is 4.86. The van der Waals surface area contributed by atoms with Gasteiger partial charge in [0.1, 0.15) is 12.0 Å². The highest BCUT2D eigenvalue weighted by molar-refractivity contribution is 7.27. The molecule has 0 fully saturated rings. The summed E-state index contributed by atoms with van der Waals surface area (Å²) in [6.07, 6.45) is 1.24. The lowest BCUT2D eigenvalue weighted by atomic mass is 10.4. The van der Waals surface area contributed by atoms with Crippen LogP contribution in [0.15, 0.2) is 23.8 Å². The van der Waals surface area contributed by atoms with E-state index < -0.39 is 0 Å². The summed E-state index contributed by atoms with van der Waals surface area (Å²) >= 11 is 14.8. The third-order valence-electron chi connectivity index (χ3n) is 2.36. The molecule has 0 radical (unpaired) electrons. The summed E-state index contributed by atoms with van der Waals surface area (Å²) in [7, 11) is 0. The fraction of sp³-hybridized carbons (Fsp3) is 0. The highest BCUT2D eigenvalue weighted by Gasteiger charge is 2.15. The number of anilines is 1. The molecule has 0 aliphatic rings. The second kappa shape index (κ2) is 5.05. The van der Waals surface area contributed by atoms with E-state index in [0.717, 1.165) is 9.40 Å². The van der Waals surface area contributed by atoms with E-state index in [9.17, 15) is 4.79 Å². The summed E-state index contributed by atoms with van der Waals surface area (Å²) in [6.45, 7) is 0. The average molecular weight is 330 g/mol. The second-order valence-corrected chi connectivity index (χ2v) is 6.29. The van der Waals surface area contributed by atoms with Crippen LogP contribution in [0.25, 0.3) is 9.40 Å². The molecule has 0 aromatic carbocycles. The first-order chi connectivity index (χ1) is 9.15. The van der Waals surface area contributed by atoms with Crippen molar-refractivity contribution in [2.75, 3.05) is 5.32 Å².